The van der Waals surface area contributed by atoms with Crippen molar-refractivity contribution in [2.24, 2.45) is 0 Å². The van der Waals surface area contributed by atoms with Gasteiger partial charge in [-0.05, 0) is 24.6 Å². The Morgan fingerprint density at radius 2 is 1.85 bits per heavy atom. The van der Waals surface area contributed by atoms with Gasteiger partial charge in [-0.15, -0.1) is 11.3 Å². The number of thiophene rings is 1. The molecule has 10 nitrogen and oxygen atoms in total. The molecular formula is C21H24N4O6S2. The number of nitrogens with one attached hydrogen (secondary N) is 3. The lowest BCUT2D eigenvalue weighted by Gasteiger charge is -2.21. The molecule has 3 aromatic rings. The van der Waals surface area contributed by atoms with E-state index in [-0.39, 0.29) is 34.4 Å². The zero-order valence-corrected chi connectivity index (χ0v) is 20.1. The van der Waals surface area contributed by atoms with Gasteiger partial charge in [0.25, 0.3) is 16.8 Å². The average molecular weight is 493 g/mol. The minimum Gasteiger partial charge on any atom is -0.505 e. The lowest BCUT2D eigenvalue weighted by Crippen LogP contribution is -2.37. The van der Waals surface area contributed by atoms with E-state index in [1.165, 1.54) is 28.4 Å². The van der Waals surface area contributed by atoms with E-state index in [2.05, 4.69) is 15.4 Å². The van der Waals surface area contributed by atoms with Crippen molar-refractivity contribution in [3.63, 3.8) is 0 Å². The highest BCUT2D eigenvalue weighted by molar-refractivity contribution is 7.92. The van der Waals surface area contributed by atoms with Gasteiger partial charge in [-0.1, -0.05) is 13.0 Å². The highest BCUT2D eigenvalue weighted by atomic mass is 32.2. The zero-order valence-electron chi connectivity index (χ0n) is 18.4. The van der Waals surface area contributed by atoms with Crippen molar-refractivity contribution in [1.29, 1.82) is 0 Å². The maximum atomic E-state index is 12.3. The van der Waals surface area contributed by atoms with Crippen LogP contribution in [0.25, 0.3) is 0 Å². The van der Waals surface area contributed by atoms with E-state index in [1.54, 1.807) is 31.6 Å². The van der Waals surface area contributed by atoms with Crippen LogP contribution in [-0.2, 0) is 10.0 Å². The number of carbonyl (C=O) groups excluding carboxylic acids is 1. The fourth-order valence-electron chi connectivity index (χ4n) is 3.19. The van der Waals surface area contributed by atoms with Crippen LogP contribution in [0.15, 0.2) is 39.2 Å². The fraction of sp³-hybridized carbons (Fsp3) is 0.286. The Hall–Kier alpha value is -3.38. The number of phenols is 1. The molecule has 0 fully saturated rings. The molecule has 12 heteroatoms. The maximum Gasteiger partial charge on any atom is 0.257 e. The molecule has 3 rings (SSSR count). The smallest absolute Gasteiger partial charge is 0.257 e. The van der Waals surface area contributed by atoms with Crippen LogP contribution in [0.1, 0.15) is 34.6 Å². The van der Waals surface area contributed by atoms with E-state index in [1.807, 2.05) is 6.92 Å². The van der Waals surface area contributed by atoms with Crippen molar-refractivity contribution in [3.05, 3.63) is 60.5 Å². The number of carbonyl (C=O) groups is 1. The molecule has 1 amide bonds. The third kappa shape index (κ3) is 5.17. The van der Waals surface area contributed by atoms with Crippen LogP contribution in [0.4, 0.5) is 22.7 Å². The molecule has 33 heavy (non-hydrogen) atoms. The van der Waals surface area contributed by atoms with Gasteiger partial charge in [0, 0.05) is 24.4 Å². The SMILES string of the molecule is CCC(Nc1c(Nc2cccc(C(=O)N(C)C)c2O)c(=O)c1=O)c1cc(NS(C)(=O)=O)cs1. The van der Waals surface area contributed by atoms with E-state index in [0.29, 0.717) is 12.1 Å². The standard InChI is InChI=1S/C21H24N4O6S2/c1-5-13(15-9-11(10-32-15)24-33(4,30)31)22-16-17(20(28)19(16)27)23-14-8-6-7-12(18(14)26)21(29)25(2)3/h6-10,13,22-24,26H,5H2,1-4H3. The predicted molar refractivity (Wildman–Crippen MR) is 130 cm³/mol. The molecule has 0 saturated heterocycles. The van der Waals surface area contributed by atoms with E-state index >= 15 is 0 Å². The summed E-state index contributed by atoms with van der Waals surface area (Å²) < 4.78 is 25.3. The summed E-state index contributed by atoms with van der Waals surface area (Å²) in [4.78, 5) is 38.8. The normalized spacial score (nSPS) is 12.4. The van der Waals surface area contributed by atoms with Crippen molar-refractivity contribution >= 4 is 50.0 Å². The molecule has 0 aliphatic heterocycles. The number of hydrogen-bond donors (Lipinski definition) is 4. The van der Waals surface area contributed by atoms with Crippen LogP contribution in [0.5, 0.6) is 5.75 Å². The number of rotatable bonds is 9. The van der Waals surface area contributed by atoms with Crippen molar-refractivity contribution in [2.45, 2.75) is 19.4 Å². The second-order valence-electron chi connectivity index (χ2n) is 7.65. The number of anilines is 4. The first-order valence-electron chi connectivity index (χ1n) is 9.89. The van der Waals surface area contributed by atoms with Crippen LogP contribution in [0.3, 0.4) is 0 Å². The zero-order chi connectivity index (χ0) is 24.5. The Balaban J connectivity index is 1.87. The first kappa shape index (κ1) is 24.3. The predicted octanol–water partition coefficient (Wildman–Crippen LogP) is 2.43. The molecule has 176 valence electrons. The number of benzene rings is 1. The summed E-state index contributed by atoms with van der Waals surface area (Å²) in [6.45, 7) is 1.88. The van der Waals surface area contributed by atoms with E-state index in [0.717, 1.165) is 11.1 Å². The fourth-order valence-corrected chi connectivity index (χ4v) is 4.79. The summed E-state index contributed by atoms with van der Waals surface area (Å²) in [6, 6.07) is 5.80. The van der Waals surface area contributed by atoms with Gasteiger partial charge >= 0.3 is 0 Å². The van der Waals surface area contributed by atoms with Gasteiger partial charge in [0.1, 0.15) is 11.4 Å². The Bertz CT molecular complexity index is 1370. The average Bonchev–Trinajstić information content (AvgIpc) is 3.19. The van der Waals surface area contributed by atoms with Gasteiger partial charge in [-0.3, -0.25) is 19.1 Å². The summed E-state index contributed by atoms with van der Waals surface area (Å²) >= 11 is 1.31. The van der Waals surface area contributed by atoms with Gasteiger partial charge < -0.3 is 20.6 Å². The molecule has 1 aromatic heterocycles. The van der Waals surface area contributed by atoms with Gasteiger partial charge in [0.2, 0.25) is 10.0 Å². The lowest BCUT2D eigenvalue weighted by molar-refractivity contribution is 0.0824. The molecule has 0 spiro atoms. The second kappa shape index (κ2) is 9.24. The number of nitrogens with zero attached hydrogens (tertiary/aromatic N) is 1. The molecule has 0 radical (unpaired) electrons. The number of para-hydroxylation sites is 1. The van der Waals surface area contributed by atoms with Gasteiger partial charge in [-0.2, -0.15) is 0 Å². The molecule has 4 N–H and O–H groups in total. The van der Waals surface area contributed by atoms with Gasteiger partial charge in [0.15, 0.2) is 5.75 Å². The summed E-state index contributed by atoms with van der Waals surface area (Å²) in [6.07, 6.45) is 1.60. The minimum absolute atomic E-state index is 0.0192. The Morgan fingerprint density at radius 3 is 2.45 bits per heavy atom. The van der Waals surface area contributed by atoms with Crippen LogP contribution in [-0.4, -0.2) is 44.7 Å². The molecule has 2 aromatic carbocycles. The summed E-state index contributed by atoms with van der Waals surface area (Å²) in [5, 5.41) is 18.0. The molecular weight excluding hydrogens is 468 g/mol. The number of amides is 1. The Labute approximate surface area is 194 Å². The van der Waals surface area contributed by atoms with Crippen molar-refractivity contribution in [3.8, 4) is 5.75 Å². The van der Waals surface area contributed by atoms with Gasteiger partial charge in [-0.25, -0.2) is 8.42 Å². The van der Waals surface area contributed by atoms with Crippen molar-refractivity contribution in [2.75, 3.05) is 35.7 Å². The lowest BCUT2D eigenvalue weighted by atomic mass is 10.1. The van der Waals surface area contributed by atoms with Crippen LogP contribution < -0.4 is 26.2 Å². The van der Waals surface area contributed by atoms with Gasteiger partial charge in [0.05, 0.1) is 29.2 Å². The van der Waals surface area contributed by atoms with Crippen molar-refractivity contribution < 1.29 is 18.3 Å². The molecule has 0 aliphatic rings. The molecule has 1 atom stereocenters. The third-order valence-corrected chi connectivity index (χ3v) is 6.49. The van der Waals surface area contributed by atoms with E-state index in [4.69, 9.17) is 0 Å². The number of sulfonamides is 1. The van der Waals surface area contributed by atoms with Crippen LogP contribution >= 0.6 is 11.3 Å². The minimum atomic E-state index is -3.42. The monoisotopic (exact) mass is 492 g/mol. The molecule has 0 bridgehead atoms. The van der Waals surface area contributed by atoms with Crippen LogP contribution in [0, 0.1) is 0 Å². The number of phenolic OH excluding ortho intramolecular Hbond substituents is 1. The van der Waals surface area contributed by atoms with E-state index < -0.39 is 26.8 Å². The second-order valence-corrected chi connectivity index (χ2v) is 10.3. The molecule has 1 heterocycles. The topological polar surface area (TPSA) is 145 Å². The first-order valence-corrected chi connectivity index (χ1v) is 12.7. The largest absolute Gasteiger partial charge is 0.505 e. The summed E-state index contributed by atoms with van der Waals surface area (Å²) in [7, 11) is -0.327. The maximum absolute atomic E-state index is 12.3. The quantitative estimate of drug-likeness (QED) is 0.263. The first-order chi connectivity index (χ1) is 15.4. The summed E-state index contributed by atoms with van der Waals surface area (Å²) in [5.41, 5.74) is -0.844. The van der Waals surface area contributed by atoms with Crippen molar-refractivity contribution in [1.82, 2.24) is 4.90 Å². The molecule has 0 saturated carbocycles. The van der Waals surface area contributed by atoms with Crippen LogP contribution in [0.2, 0.25) is 0 Å². The number of hydrogen-bond acceptors (Lipinski definition) is 9. The highest BCUT2D eigenvalue weighted by Crippen LogP contribution is 2.35. The Kier molecular flexibility index (Phi) is 6.79. The highest BCUT2D eigenvalue weighted by Gasteiger charge is 2.26. The number of aromatic hydroxyl groups is 1. The van der Waals surface area contributed by atoms with E-state index in [9.17, 15) is 27.9 Å². The summed E-state index contributed by atoms with van der Waals surface area (Å²) in [5.74, 6) is -0.751. The Morgan fingerprint density at radius 1 is 1.18 bits per heavy atom. The molecule has 0 aliphatic carbocycles. The molecule has 1 unspecified atom stereocenters. The third-order valence-electron chi connectivity index (χ3n) is 4.84.